The van der Waals surface area contributed by atoms with E-state index in [-0.39, 0.29) is 18.3 Å². The van der Waals surface area contributed by atoms with E-state index in [2.05, 4.69) is 4.74 Å². The van der Waals surface area contributed by atoms with Crippen molar-refractivity contribution in [2.75, 3.05) is 7.11 Å². The summed E-state index contributed by atoms with van der Waals surface area (Å²) >= 11 is 0.0538. The molecule has 0 aromatic heterocycles. The van der Waals surface area contributed by atoms with Crippen LogP contribution in [0.3, 0.4) is 0 Å². The number of halogens is 1. The van der Waals surface area contributed by atoms with E-state index in [0.29, 0.717) is 0 Å². The molecular formula is C5H11FO2S. The largest absolute Gasteiger partial charge is 0.345 e. The molecule has 0 aliphatic heterocycles. The van der Waals surface area contributed by atoms with E-state index in [0.717, 1.165) is 0 Å². The first-order chi connectivity index (χ1) is 4.20. The second-order valence-electron chi connectivity index (χ2n) is 1.80. The van der Waals surface area contributed by atoms with Crippen LogP contribution in [-0.2, 0) is 9.47 Å². The van der Waals surface area contributed by atoms with Gasteiger partial charge in [-0.15, -0.1) is 0 Å². The maximum absolute atomic E-state index is 11.7. The lowest BCUT2D eigenvalue weighted by molar-refractivity contribution is -0.0881. The third kappa shape index (κ3) is 4.69. The average Bonchev–Trinajstić information content (AvgIpc) is 1.82. The molecule has 56 valence electrons. The molecule has 9 heavy (non-hydrogen) atoms. The molecule has 0 N–H and O–H groups in total. The van der Waals surface area contributed by atoms with Crippen molar-refractivity contribution in [3.8, 4) is 0 Å². The van der Waals surface area contributed by atoms with Gasteiger partial charge in [0.2, 0.25) is 5.62 Å². The van der Waals surface area contributed by atoms with Crippen molar-refractivity contribution in [3.05, 3.63) is 0 Å². The molecule has 0 spiro atoms. The minimum atomic E-state index is -0.773. The fraction of sp³-hybridized carbons (Fsp3) is 1.00. The molecule has 0 aromatic carbocycles. The van der Waals surface area contributed by atoms with Crippen LogP contribution in [0.5, 0.6) is 0 Å². The van der Waals surface area contributed by atoms with E-state index in [4.69, 9.17) is 4.74 Å². The Balaban J connectivity index is 3.31. The van der Waals surface area contributed by atoms with Crippen LogP contribution in [0, 0.1) is 0 Å². The molecule has 0 bridgehead atoms. The van der Waals surface area contributed by atoms with Gasteiger partial charge in [0.15, 0.2) is 0 Å². The van der Waals surface area contributed by atoms with Gasteiger partial charge in [-0.2, -0.15) is 3.89 Å². The third-order valence-electron chi connectivity index (χ3n) is 0.648. The smallest absolute Gasteiger partial charge is 0.238 e. The Hall–Kier alpha value is 0.200. The highest BCUT2D eigenvalue weighted by Crippen LogP contribution is 2.14. The number of ether oxygens (including phenoxy) is 2. The quantitative estimate of drug-likeness (QED) is 0.577. The van der Waals surface area contributed by atoms with Gasteiger partial charge in [0, 0.05) is 7.11 Å². The Kier molecular flexibility index (Phi) is 5.13. The molecule has 0 radical (unpaired) electrons. The summed E-state index contributed by atoms with van der Waals surface area (Å²) in [5.74, 6) is 0. The van der Waals surface area contributed by atoms with Gasteiger partial charge in [-0.1, -0.05) is 0 Å². The molecule has 1 atom stereocenters. The van der Waals surface area contributed by atoms with Gasteiger partial charge in [0.1, 0.15) is 12.1 Å². The highest BCUT2D eigenvalue weighted by Gasteiger charge is 2.08. The van der Waals surface area contributed by atoms with Gasteiger partial charge in [0.05, 0.1) is 6.10 Å². The van der Waals surface area contributed by atoms with Gasteiger partial charge in [0.25, 0.3) is 0 Å². The molecule has 4 heteroatoms. The number of hydrogen-bond acceptors (Lipinski definition) is 3. The van der Waals surface area contributed by atoms with Crippen molar-refractivity contribution < 1.29 is 13.4 Å². The van der Waals surface area contributed by atoms with E-state index in [1.54, 1.807) is 0 Å². The molecule has 0 rings (SSSR count). The van der Waals surface area contributed by atoms with Gasteiger partial charge >= 0.3 is 0 Å². The molecule has 0 aromatic rings. The zero-order valence-electron chi connectivity index (χ0n) is 5.76. The molecule has 0 saturated heterocycles. The van der Waals surface area contributed by atoms with Crippen LogP contribution < -0.4 is 0 Å². The molecule has 0 amide bonds. The van der Waals surface area contributed by atoms with Gasteiger partial charge in [-0.25, -0.2) is 0 Å². The van der Waals surface area contributed by atoms with E-state index >= 15 is 0 Å². The van der Waals surface area contributed by atoms with Crippen molar-refractivity contribution >= 4 is 12.1 Å². The predicted molar refractivity (Wildman–Crippen MR) is 35.7 cm³/mol. The van der Waals surface area contributed by atoms with Crippen LogP contribution in [0.1, 0.15) is 13.8 Å². The van der Waals surface area contributed by atoms with E-state index in [1.807, 2.05) is 13.8 Å². The van der Waals surface area contributed by atoms with Crippen LogP contribution in [0.25, 0.3) is 0 Å². The van der Waals surface area contributed by atoms with Crippen LogP contribution in [0.2, 0.25) is 0 Å². The molecule has 2 nitrogen and oxygen atoms in total. The van der Waals surface area contributed by atoms with Crippen molar-refractivity contribution in [1.82, 2.24) is 0 Å². The molecule has 0 aliphatic rings. The van der Waals surface area contributed by atoms with Crippen LogP contribution in [0.15, 0.2) is 0 Å². The lowest BCUT2D eigenvalue weighted by Crippen LogP contribution is -2.14. The van der Waals surface area contributed by atoms with Crippen molar-refractivity contribution in [3.63, 3.8) is 0 Å². The third-order valence-corrected chi connectivity index (χ3v) is 1.10. The zero-order valence-corrected chi connectivity index (χ0v) is 6.57. The monoisotopic (exact) mass is 154 g/mol. The summed E-state index contributed by atoms with van der Waals surface area (Å²) in [5.41, 5.74) is -0.773. The molecule has 0 aliphatic carbocycles. The Morgan fingerprint density at radius 1 is 1.44 bits per heavy atom. The lowest BCUT2D eigenvalue weighted by Gasteiger charge is -2.13. The Labute approximate surface area is 59.0 Å². The number of rotatable bonds is 4. The SMILES string of the molecule is COC(OC(C)C)SF. The summed E-state index contributed by atoms with van der Waals surface area (Å²) in [6, 6.07) is 0. The number of hydrogen-bond donors (Lipinski definition) is 0. The second kappa shape index (κ2) is 5.02. The summed E-state index contributed by atoms with van der Waals surface area (Å²) < 4.78 is 21.2. The van der Waals surface area contributed by atoms with Crippen LogP contribution in [-0.4, -0.2) is 18.8 Å². The zero-order chi connectivity index (χ0) is 7.28. The standard InChI is InChI=1S/C5H11FO2S/c1-4(2)8-5(7-3)9-6/h4-5H,1-3H3. The Morgan fingerprint density at radius 2 is 2.00 bits per heavy atom. The molecule has 0 fully saturated rings. The first-order valence-electron chi connectivity index (χ1n) is 2.66. The first-order valence-corrected chi connectivity index (χ1v) is 3.44. The first kappa shape index (κ1) is 9.20. The van der Waals surface area contributed by atoms with Gasteiger partial charge in [-0.05, 0) is 13.8 Å². The fourth-order valence-corrected chi connectivity index (χ4v) is 0.672. The van der Waals surface area contributed by atoms with Crippen LogP contribution in [0.4, 0.5) is 3.89 Å². The molecular weight excluding hydrogens is 143 g/mol. The van der Waals surface area contributed by atoms with Crippen LogP contribution >= 0.6 is 12.1 Å². The van der Waals surface area contributed by atoms with Gasteiger partial charge in [-0.3, -0.25) is 0 Å². The minimum Gasteiger partial charge on any atom is -0.345 e. The summed E-state index contributed by atoms with van der Waals surface area (Å²) in [6.45, 7) is 3.64. The summed E-state index contributed by atoms with van der Waals surface area (Å²) in [6.07, 6.45) is -0.00167. The second-order valence-corrected chi connectivity index (χ2v) is 2.36. The molecule has 0 saturated carbocycles. The van der Waals surface area contributed by atoms with E-state index < -0.39 is 5.62 Å². The number of methoxy groups -OCH3 is 1. The minimum absolute atomic E-state index is 0.00167. The summed E-state index contributed by atoms with van der Waals surface area (Å²) in [7, 11) is 1.40. The van der Waals surface area contributed by atoms with Crippen molar-refractivity contribution in [1.29, 1.82) is 0 Å². The lowest BCUT2D eigenvalue weighted by atomic mass is 10.5. The maximum atomic E-state index is 11.7. The predicted octanol–water partition coefficient (Wildman–Crippen LogP) is 1.96. The maximum Gasteiger partial charge on any atom is 0.238 e. The van der Waals surface area contributed by atoms with E-state index in [9.17, 15) is 3.89 Å². The topological polar surface area (TPSA) is 18.5 Å². The highest BCUT2D eigenvalue weighted by atomic mass is 32.2. The summed E-state index contributed by atoms with van der Waals surface area (Å²) in [4.78, 5) is 0. The molecule has 1 unspecified atom stereocenters. The van der Waals surface area contributed by atoms with Crippen molar-refractivity contribution in [2.24, 2.45) is 0 Å². The normalized spacial score (nSPS) is 14.3. The Morgan fingerprint density at radius 3 is 2.11 bits per heavy atom. The van der Waals surface area contributed by atoms with E-state index in [1.165, 1.54) is 7.11 Å². The summed E-state index contributed by atoms with van der Waals surface area (Å²) in [5, 5.41) is 0. The highest BCUT2D eigenvalue weighted by molar-refractivity contribution is 7.94. The van der Waals surface area contributed by atoms with Gasteiger partial charge < -0.3 is 9.47 Å². The molecule has 0 heterocycles. The van der Waals surface area contributed by atoms with Crippen molar-refractivity contribution in [2.45, 2.75) is 25.6 Å². The fourth-order valence-electron chi connectivity index (χ4n) is 0.335. The Bertz CT molecular complexity index is 66.0. The average molecular weight is 154 g/mol.